The first-order chi connectivity index (χ1) is 20.3. The predicted octanol–water partition coefficient (Wildman–Crippen LogP) is 7.66. The van der Waals surface area contributed by atoms with Gasteiger partial charge in [-0.2, -0.15) is 8.42 Å². The highest BCUT2D eigenvalue weighted by molar-refractivity contribution is 7.86. The normalized spacial score (nSPS) is 15.4. The molecule has 0 atom stereocenters. The van der Waals surface area contributed by atoms with E-state index in [0.29, 0.717) is 11.5 Å². The number of carbonyl (C=O) groups excluding carboxylic acids is 2. The van der Waals surface area contributed by atoms with Crippen LogP contribution in [0, 0.1) is 0 Å². The quantitative estimate of drug-likeness (QED) is 0.149. The van der Waals surface area contributed by atoms with Crippen molar-refractivity contribution in [1.29, 1.82) is 0 Å². The maximum Gasteiger partial charge on any atom is 0.296 e. The second-order valence-corrected chi connectivity index (χ2v) is 11.7. The molecule has 2 aliphatic rings. The first-order valence-electron chi connectivity index (χ1n) is 13.7. The van der Waals surface area contributed by atoms with Gasteiger partial charge in [-0.05, 0) is 43.2 Å². The zero-order valence-corrected chi connectivity index (χ0v) is 23.3. The van der Waals surface area contributed by atoms with Gasteiger partial charge in [-0.15, -0.1) is 10.2 Å². The fourth-order valence-corrected chi connectivity index (χ4v) is 6.13. The summed E-state index contributed by atoms with van der Waals surface area (Å²) in [4.78, 5) is 27.2. The zero-order valence-electron chi connectivity index (χ0n) is 22.5. The summed E-state index contributed by atoms with van der Waals surface area (Å²) < 4.78 is 41.7. The Morgan fingerprint density at radius 1 is 0.762 bits per heavy atom. The van der Waals surface area contributed by atoms with E-state index >= 15 is 0 Å². The lowest BCUT2D eigenvalue weighted by Gasteiger charge is -2.28. The SMILES string of the molecule is O=C1c2ccccc2C(=O)c2c(N=Nc3ccccc3Oc3ccccc3)c(S(=O)(=O)O)cc(NC3CCCCC3)c21. The maximum absolute atomic E-state index is 13.9. The average Bonchev–Trinajstić information content (AvgIpc) is 3.00. The fourth-order valence-electron chi connectivity index (χ4n) is 5.48. The highest BCUT2D eigenvalue weighted by atomic mass is 32.2. The molecular formula is C32H27N3O6S. The van der Waals surface area contributed by atoms with Crippen LogP contribution >= 0.6 is 0 Å². The number of ether oxygens (including phenoxy) is 1. The molecule has 9 nitrogen and oxygen atoms in total. The van der Waals surface area contributed by atoms with Crippen molar-refractivity contribution in [3.05, 3.63) is 107 Å². The third-order valence-electron chi connectivity index (χ3n) is 7.47. The lowest BCUT2D eigenvalue weighted by molar-refractivity contribution is 0.0980. The number of para-hydroxylation sites is 2. The highest BCUT2D eigenvalue weighted by Crippen LogP contribution is 2.44. The fraction of sp³-hybridized carbons (Fsp3) is 0.188. The van der Waals surface area contributed by atoms with Gasteiger partial charge in [0.15, 0.2) is 17.3 Å². The van der Waals surface area contributed by atoms with E-state index in [-0.39, 0.29) is 39.7 Å². The van der Waals surface area contributed by atoms with Crippen LogP contribution in [0.1, 0.15) is 63.9 Å². The molecule has 1 saturated carbocycles. The Hall–Kier alpha value is -4.67. The second kappa shape index (κ2) is 11.3. The molecule has 1 fully saturated rings. The van der Waals surface area contributed by atoms with Gasteiger partial charge >= 0.3 is 0 Å². The molecule has 4 aromatic carbocycles. The molecule has 0 saturated heterocycles. The number of anilines is 1. The molecule has 0 spiro atoms. The first-order valence-corrected chi connectivity index (χ1v) is 15.1. The first kappa shape index (κ1) is 27.5. The Kier molecular flexibility index (Phi) is 7.40. The van der Waals surface area contributed by atoms with E-state index < -0.39 is 32.3 Å². The molecule has 2 aliphatic carbocycles. The molecule has 0 aliphatic heterocycles. The van der Waals surface area contributed by atoms with E-state index in [4.69, 9.17) is 4.74 Å². The predicted molar refractivity (Wildman–Crippen MR) is 157 cm³/mol. The summed E-state index contributed by atoms with van der Waals surface area (Å²) in [6.45, 7) is 0. The van der Waals surface area contributed by atoms with E-state index in [0.717, 1.165) is 32.1 Å². The van der Waals surface area contributed by atoms with E-state index in [1.54, 1.807) is 54.6 Å². The van der Waals surface area contributed by atoms with Crippen LogP contribution in [0.25, 0.3) is 0 Å². The van der Waals surface area contributed by atoms with Crippen molar-refractivity contribution in [3.63, 3.8) is 0 Å². The maximum atomic E-state index is 13.9. The van der Waals surface area contributed by atoms with E-state index in [2.05, 4.69) is 15.5 Å². The molecule has 0 aromatic heterocycles. The molecule has 10 heteroatoms. The van der Waals surface area contributed by atoms with Gasteiger partial charge in [-0.1, -0.05) is 73.9 Å². The smallest absolute Gasteiger partial charge is 0.296 e. The van der Waals surface area contributed by atoms with E-state index in [1.165, 1.54) is 12.1 Å². The molecule has 6 rings (SSSR count). The van der Waals surface area contributed by atoms with Gasteiger partial charge in [0.1, 0.15) is 22.0 Å². The standard InChI is InChI=1S/C32H27N3O6S/c36-31-22-15-7-8-16-23(22)32(37)29-28(31)25(33-20-11-3-1-4-12-20)19-27(42(38,39)40)30(29)35-34-24-17-9-10-18-26(24)41-21-13-5-2-6-14-21/h2,5-10,13-20,33H,1,3-4,11-12H2,(H,38,39,40). The zero-order chi connectivity index (χ0) is 29.3. The van der Waals surface area contributed by atoms with Gasteiger partial charge in [-0.3, -0.25) is 14.1 Å². The molecular weight excluding hydrogens is 554 g/mol. The lowest BCUT2D eigenvalue weighted by Crippen LogP contribution is -2.27. The van der Waals surface area contributed by atoms with Crippen molar-refractivity contribution in [2.24, 2.45) is 10.2 Å². The minimum absolute atomic E-state index is 0.0134. The monoisotopic (exact) mass is 581 g/mol. The number of benzene rings is 4. The molecule has 0 unspecified atom stereocenters. The highest BCUT2D eigenvalue weighted by Gasteiger charge is 2.38. The van der Waals surface area contributed by atoms with Crippen LogP contribution in [0.5, 0.6) is 11.5 Å². The molecule has 0 bridgehead atoms. The number of rotatable bonds is 7. The van der Waals surface area contributed by atoms with Crippen molar-refractivity contribution < 1.29 is 27.3 Å². The molecule has 0 heterocycles. The summed E-state index contributed by atoms with van der Waals surface area (Å²) in [5.41, 5.74) is 0.127. The van der Waals surface area contributed by atoms with Crippen molar-refractivity contribution in [2.45, 2.75) is 43.0 Å². The minimum atomic E-state index is -4.90. The third kappa shape index (κ3) is 5.34. The topological polar surface area (TPSA) is 134 Å². The van der Waals surface area contributed by atoms with Crippen molar-refractivity contribution in [1.82, 2.24) is 0 Å². The van der Waals surface area contributed by atoms with Crippen LogP contribution in [-0.2, 0) is 10.1 Å². The van der Waals surface area contributed by atoms with Crippen LogP contribution in [0.3, 0.4) is 0 Å². The van der Waals surface area contributed by atoms with E-state index in [9.17, 15) is 22.6 Å². The van der Waals surface area contributed by atoms with Gasteiger partial charge in [0.05, 0.1) is 11.1 Å². The van der Waals surface area contributed by atoms with Gasteiger partial charge in [0, 0.05) is 22.9 Å². The Bertz CT molecular complexity index is 1830. The summed E-state index contributed by atoms with van der Waals surface area (Å²) in [6, 6.07) is 23.3. The number of hydrogen-bond donors (Lipinski definition) is 2. The van der Waals surface area contributed by atoms with Gasteiger partial charge in [0.2, 0.25) is 0 Å². The molecule has 0 radical (unpaired) electrons. The number of azo groups is 1. The van der Waals surface area contributed by atoms with Crippen molar-refractivity contribution in [2.75, 3.05) is 5.32 Å². The molecule has 212 valence electrons. The van der Waals surface area contributed by atoms with Crippen LogP contribution in [0.4, 0.5) is 17.1 Å². The Morgan fingerprint density at radius 3 is 2.07 bits per heavy atom. The average molecular weight is 582 g/mol. The van der Waals surface area contributed by atoms with Gasteiger partial charge < -0.3 is 10.1 Å². The lowest BCUT2D eigenvalue weighted by atomic mass is 9.82. The Morgan fingerprint density at radius 2 is 1.38 bits per heavy atom. The van der Waals surface area contributed by atoms with Crippen molar-refractivity contribution in [3.8, 4) is 11.5 Å². The third-order valence-corrected chi connectivity index (χ3v) is 8.34. The molecule has 2 N–H and O–H groups in total. The molecule has 4 aromatic rings. The Labute approximate surface area is 243 Å². The Balaban J connectivity index is 1.53. The number of nitrogens with zero attached hydrogens (tertiary/aromatic N) is 2. The van der Waals surface area contributed by atoms with Gasteiger partial charge in [-0.25, -0.2) is 0 Å². The van der Waals surface area contributed by atoms with Crippen LogP contribution < -0.4 is 10.1 Å². The summed E-state index contributed by atoms with van der Waals surface area (Å²) in [7, 11) is -4.90. The largest absolute Gasteiger partial charge is 0.455 e. The number of carbonyl (C=O) groups is 2. The van der Waals surface area contributed by atoms with Crippen LogP contribution in [0.15, 0.2) is 100 Å². The summed E-state index contributed by atoms with van der Waals surface area (Å²) >= 11 is 0. The van der Waals surface area contributed by atoms with Gasteiger partial charge in [0.25, 0.3) is 10.1 Å². The second-order valence-electron chi connectivity index (χ2n) is 10.3. The number of nitrogens with one attached hydrogen (secondary N) is 1. The number of hydrogen-bond acceptors (Lipinski definition) is 8. The van der Waals surface area contributed by atoms with Crippen molar-refractivity contribution >= 4 is 38.7 Å². The van der Waals surface area contributed by atoms with Crippen LogP contribution in [-0.4, -0.2) is 30.6 Å². The number of fused-ring (bicyclic) bond motifs is 2. The molecule has 42 heavy (non-hydrogen) atoms. The molecule has 0 amide bonds. The van der Waals surface area contributed by atoms with E-state index in [1.807, 2.05) is 18.2 Å². The number of ketones is 2. The summed E-state index contributed by atoms with van der Waals surface area (Å²) in [5, 5.41) is 11.8. The summed E-state index contributed by atoms with van der Waals surface area (Å²) in [6.07, 6.45) is 4.71. The van der Waals surface area contributed by atoms with Crippen LogP contribution in [0.2, 0.25) is 0 Å². The minimum Gasteiger partial charge on any atom is -0.455 e. The summed E-state index contributed by atoms with van der Waals surface area (Å²) in [5.74, 6) is -0.144.